The van der Waals surface area contributed by atoms with Crippen LogP contribution in [0.3, 0.4) is 0 Å². The molecule has 0 aliphatic carbocycles. The van der Waals surface area contributed by atoms with Crippen molar-refractivity contribution in [1.29, 1.82) is 0 Å². The van der Waals surface area contributed by atoms with Crippen LogP contribution in [0.5, 0.6) is 0 Å². The third-order valence-electron chi connectivity index (χ3n) is 2.93. The summed E-state index contributed by atoms with van der Waals surface area (Å²) in [6.45, 7) is 0. The highest BCUT2D eigenvalue weighted by molar-refractivity contribution is 7.98. The molecule has 0 amide bonds. The van der Waals surface area contributed by atoms with Crippen molar-refractivity contribution in [3.63, 3.8) is 0 Å². The van der Waals surface area contributed by atoms with Crippen molar-refractivity contribution in [1.82, 2.24) is 0 Å². The van der Waals surface area contributed by atoms with Crippen LogP contribution in [0, 0.1) is 5.82 Å². The molecule has 20 heavy (non-hydrogen) atoms. The third-order valence-corrected chi connectivity index (χ3v) is 3.99. The molecule has 0 bridgehead atoms. The van der Waals surface area contributed by atoms with Crippen molar-refractivity contribution in [2.75, 3.05) is 14.2 Å². The third kappa shape index (κ3) is 3.82. The Morgan fingerprint density at radius 3 is 2.25 bits per heavy atom. The Labute approximate surface area is 122 Å². The van der Waals surface area contributed by atoms with Crippen LogP contribution in [-0.2, 0) is 15.2 Å². The second kappa shape index (κ2) is 7.43. The second-order valence-corrected chi connectivity index (χ2v) is 5.30. The summed E-state index contributed by atoms with van der Waals surface area (Å²) >= 11 is 1.60. The normalized spacial score (nSPS) is 11.0. The van der Waals surface area contributed by atoms with E-state index in [-0.39, 0.29) is 12.1 Å². The molecular formula is C16H17FO2S. The molecule has 2 rings (SSSR count). The van der Waals surface area contributed by atoms with Crippen molar-refractivity contribution >= 4 is 11.8 Å². The summed E-state index contributed by atoms with van der Waals surface area (Å²) in [5.74, 6) is 0.458. The molecule has 106 valence electrons. The molecule has 0 atom stereocenters. The molecule has 0 radical (unpaired) electrons. The Morgan fingerprint density at radius 2 is 1.65 bits per heavy atom. The first-order valence-electron chi connectivity index (χ1n) is 6.26. The summed E-state index contributed by atoms with van der Waals surface area (Å²) in [4.78, 5) is 1.09. The SMILES string of the molecule is COC(OC)c1ccc(SCc2ccccc2F)cc1. The molecule has 0 saturated carbocycles. The summed E-state index contributed by atoms with van der Waals surface area (Å²) in [6.07, 6.45) is -0.347. The summed E-state index contributed by atoms with van der Waals surface area (Å²) in [5, 5.41) is 0. The fraction of sp³-hybridized carbons (Fsp3) is 0.250. The quantitative estimate of drug-likeness (QED) is 0.580. The molecule has 0 aliphatic heterocycles. The first kappa shape index (κ1) is 15.0. The number of rotatable bonds is 6. The molecule has 0 aromatic heterocycles. The topological polar surface area (TPSA) is 18.5 Å². The Kier molecular flexibility index (Phi) is 5.59. The molecule has 0 saturated heterocycles. The minimum absolute atomic E-state index is 0.157. The van der Waals surface area contributed by atoms with Gasteiger partial charge in [0.2, 0.25) is 0 Å². The van der Waals surface area contributed by atoms with E-state index in [0.29, 0.717) is 11.3 Å². The molecule has 0 heterocycles. The first-order chi connectivity index (χ1) is 9.74. The van der Waals surface area contributed by atoms with Crippen LogP contribution in [0.25, 0.3) is 0 Å². The molecule has 0 aliphatic rings. The average molecular weight is 292 g/mol. The molecule has 0 N–H and O–H groups in total. The molecule has 0 spiro atoms. The summed E-state index contributed by atoms with van der Waals surface area (Å²) < 4.78 is 23.9. The summed E-state index contributed by atoms with van der Waals surface area (Å²) in [6, 6.07) is 14.8. The minimum atomic E-state index is -0.347. The van der Waals surface area contributed by atoms with E-state index < -0.39 is 0 Å². The number of thioether (sulfide) groups is 1. The predicted octanol–water partition coefficient (Wildman–Crippen LogP) is 4.41. The smallest absolute Gasteiger partial charge is 0.183 e. The fourth-order valence-corrected chi connectivity index (χ4v) is 2.75. The number of hydrogen-bond donors (Lipinski definition) is 0. The lowest BCUT2D eigenvalue weighted by atomic mass is 10.2. The second-order valence-electron chi connectivity index (χ2n) is 4.25. The maximum absolute atomic E-state index is 13.5. The van der Waals surface area contributed by atoms with Gasteiger partial charge in [-0.15, -0.1) is 11.8 Å². The van der Waals surface area contributed by atoms with E-state index in [2.05, 4.69) is 0 Å². The van der Waals surface area contributed by atoms with Gasteiger partial charge in [0, 0.05) is 30.4 Å². The summed E-state index contributed by atoms with van der Waals surface area (Å²) in [5.41, 5.74) is 1.68. The number of hydrogen-bond acceptors (Lipinski definition) is 3. The Balaban J connectivity index is 1.99. The lowest BCUT2D eigenvalue weighted by Crippen LogP contribution is -2.02. The molecule has 2 aromatic carbocycles. The van der Waals surface area contributed by atoms with E-state index in [1.807, 2.05) is 36.4 Å². The zero-order chi connectivity index (χ0) is 14.4. The van der Waals surface area contributed by atoms with E-state index in [9.17, 15) is 4.39 Å². The molecular weight excluding hydrogens is 275 g/mol. The van der Waals surface area contributed by atoms with Gasteiger partial charge in [0.25, 0.3) is 0 Å². The highest BCUT2D eigenvalue weighted by Crippen LogP contribution is 2.26. The minimum Gasteiger partial charge on any atom is -0.352 e. The van der Waals surface area contributed by atoms with E-state index in [1.165, 1.54) is 6.07 Å². The Morgan fingerprint density at radius 1 is 1.00 bits per heavy atom. The fourth-order valence-electron chi connectivity index (χ4n) is 1.87. The molecule has 0 unspecified atom stereocenters. The zero-order valence-corrected chi connectivity index (χ0v) is 12.3. The van der Waals surface area contributed by atoms with Crippen molar-refractivity contribution < 1.29 is 13.9 Å². The monoisotopic (exact) mass is 292 g/mol. The summed E-state index contributed by atoms with van der Waals surface area (Å²) in [7, 11) is 3.21. The van der Waals surface area contributed by atoms with E-state index in [4.69, 9.17) is 9.47 Å². The van der Waals surface area contributed by atoms with Gasteiger partial charge in [-0.3, -0.25) is 0 Å². The van der Waals surface area contributed by atoms with Crippen LogP contribution >= 0.6 is 11.8 Å². The van der Waals surface area contributed by atoms with Gasteiger partial charge in [-0.05, 0) is 23.8 Å². The lowest BCUT2D eigenvalue weighted by Gasteiger charge is -2.13. The van der Waals surface area contributed by atoms with Gasteiger partial charge in [-0.1, -0.05) is 30.3 Å². The first-order valence-corrected chi connectivity index (χ1v) is 7.25. The lowest BCUT2D eigenvalue weighted by molar-refractivity contribution is -0.106. The largest absolute Gasteiger partial charge is 0.352 e. The predicted molar refractivity (Wildman–Crippen MR) is 79.2 cm³/mol. The average Bonchev–Trinajstić information content (AvgIpc) is 2.49. The maximum atomic E-state index is 13.5. The van der Waals surface area contributed by atoms with Crippen molar-refractivity contribution in [3.05, 3.63) is 65.5 Å². The number of benzene rings is 2. The van der Waals surface area contributed by atoms with Crippen LogP contribution in [0.1, 0.15) is 17.4 Å². The van der Waals surface area contributed by atoms with Gasteiger partial charge in [-0.25, -0.2) is 4.39 Å². The van der Waals surface area contributed by atoms with E-state index in [1.54, 1.807) is 32.0 Å². The zero-order valence-electron chi connectivity index (χ0n) is 11.5. The van der Waals surface area contributed by atoms with Crippen LogP contribution in [0.2, 0.25) is 0 Å². The molecule has 2 aromatic rings. The van der Waals surface area contributed by atoms with Crippen LogP contribution < -0.4 is 0 Å². The number of methoxy groups -OCH3 is 2. The van der Waals surface area contributed by atoms with Gasteiger partial charge in [0.1, 0.15) is 5.82 Å². The van der Waals surface area contributed by atoms with Crippen molar-refractivity contribution in [2.45, 2.75) is 16.9 Å². The van der Waals surface area contributed by atoms with Crippen LogP contribution in [0.15, 0.2) is 53.4 Å². The van der Waals surface area contributed by atoms with Gasteiger partial charge in [-0.2, -0.15) is 0 Å². The van der Waals surface area contributed by atoms with E-state index in [0.717, 1.165) is 10.5 Å². The van der Waals surface area contributed by atoms with Gasteiger partial charge in [0.15, 0.2) is 6.29 Å². The van der Waals surface area contributed by atoms with Crippen molar-refractivity contribution in [3.8, 4) is 0 Å². The van der Waals surface area contributed by atoms with Gasteiger partial charge in [0.05, 0.1) is 0 Å². The highest BCUT2D eigenvalue weighted by Gasteiger charge is 2.08. The molecule has 0 fully saturated rings. The highest BCUT2D eigenvalue weighted by atomic mass is 32.2. The number of ether oxygens (including phenoxy) is 2. The number of halogens is 1. The standard InChI is InChI=1S/C16H17FO2S/c1-18-16(19-2)12-7-9-14(10-8-12)20-11-13-5-3-4-6-15(13)17/h3-10,16H,11H2,1-2H3. The molecule has 4 heteroatoms. The van der Waals surface area contributed by atoms with Crippen LogP contribution in [0.4, 0.5) is 4.39 Å². The molecule has 2 nitrogen and oxygen atoms in total. The van der Waals surface area contributed by atoms with Gasteiger partial charge < -0.3 is 9.47 Å². The maximum Gasteiger partial charge on any atom is 0.183 e. The van der Waals surface area contributed by atoms with E-state index >= 15 is 0 Å². The Hall–Kier alpha value is -1.36. The Bertz CT molecular complexity index is 538. The van der Waals surface area contributed by atoms with Crippen molar-refractivity contribution in [2.24, 2.45) is 0 Å². The van der Waals surface area contributed by atoms with Gasteiger partial charge >= 0.3 is 0 Å². The van der Waals surface area contributed by atoms with Crippen LogP contribution in [-0.4, -0.2) is 14.2 Å².